The fourth-order valence-electron chi connectivity index (χ4n) is 6.78. The van der Waals surface area contributed by atoms with Gasteiger partial charge in [0.05, 0.1) is 85.7 Å². The van der Waals surface area contributed by atoms with Gasteiger partial charge in [0.25, 0.3) is 11.1 Å². The minimum atomic E-state index is -3.72. The van der Waals surface area contributed by atoms with E-state index in [9.17, 15) is 28.5 Å². The van der Waals surface area contributed by atoms with Crippen molar-refractivity contribution in [3.05, 3.63) is 185 Å². The van der Waals surface area contributed by atoms with Crippen LogP contribution in [0.2, 0.25) is 10.0 Å². The van der Waals surface area contributed by atoms with E-state index >= 15 is 0 Å². The number of hydrogen-bond donors (Lipinski definition) is 0. The topological polar surface area (TPSA) is 258 Å². The van der Waals surface area contributed by atoms with Gasteiger partial charge in [-0.2, -0.15) is 20.5 Å². The molecule has 76 heavy (non-hydrogen) atoms. The molecule has 0 aliphatic heterocycles. The maximum absolute atomic E-state index is 13.3. The molecule has 4 aromatic heterocycles. The lowest BCUT2D eigenvalue weighted by Gasteiger charge is -2.14. The zero-order valence-corrected chi connectivity index (χ0v) is 44.5. The average molecular weight is 1100 g/mol. The summed E-state index contributed by atoms with van der Waals surface area (Å²) < 4.78 is 60.6. The summed E-state index contributed by atoms with van der Waals surface area (Å²) in [7, 11) is -0.556. The van der Waals surface area contributed by atoms with Gasteiger partial charge in [-0.3, -0.25) is 18.7 Å². The number of halogens is 2. The van der Waals surface area contributed by atoms with Gasteiger partial charge < -0.3 is 28.4 Å². The van der Waals surface area contributed by atoms with Crippen LogP contribution < -0.4 is 39.5 Å². The quantitative estimate of drug-likeness (QED) is 0.0574. The monoisotopic (exact) mass is 1100 g/mol. The second-order valence-corrected chi connectivity index (χ2v) is 19.7. The van der Waals surface area contributed by atoms with Crippen LogP contribution in [0.5, 0.6) is 46.3 Å². The predicted molar refractivity (Wildman–Crippen MR) is 281 cm³/mol. The Labute approximate surface area is 450 Å². The second kappa shape index (κ2) is 25.1. The summed E-state index contributed by atoms with van der Waals surface area (Å²) in [6, 6.07) is 27.5. The molecule has 0 spiro atoms. The van der Waals surface area contributed by atoms with E-state index in [0.29, 0.717) is 49.9 Å². The molecule has 0 bridgehead atoms. The Morgan fingerprint density at radius 2 is 1.05 bits per heavy atom. The van der Waals surface area contributed by atoms with Crippen LogP contribution in [0.4, 0.5) is 0 Å². The van der Waals surface area contributed by atoms with E-state index in [2.05, 4.69) is 29.9 Å². The minimum absolute atomic E-state index is 0.00955. The summed E-state index contributed by atoms with van der Waals surface area (Å²) in [5.41, 5.74) is 2.98. The SMILES string of the molecule is COc1ccc(COc2nc(S(C)(=O)=O)ncc2Cn2cnc(C)c(Oc3cc(Cl)cc(C#N)c3)c2=O)cc1.COc1ccc(COc2nc(SC)ncc2Cn2cnc(C)c(Oc3cc(Cl)cc(C#N)c3)c2=O)cc1. The lowest BCUT2D eigenvalue weighted by atomic mass is 10.2. The smallest absolute Gasteiger partial charge is 0.296 e. The number of aryl methyl sites for hydroxylation is 2. The van der Waals surface area contributed by atoms with Crippen LogP contribution in [0.25, 0.3) is 0 Å². The molecular formula is C52H44Cl2N10O10S2. The summed E-state index contributed by atoms with van der Waals surface area (Å²) >= 11 is 13.5. The summed E-state index contributed by atoms with van der Waals surface area (Å²) in [5.74, 6) is 2.19. The molecule has 0 N–H and O–H groups in total. The van der Waals surface area contributed by atoms with Gasteiger partial charge in [-0.1, -0.05) is 59.2 Å². The number of ether oxygens (including phenoxy) is 6. The van der Waals surface area contributed by atoms with E-state index in [-0.39, 0.29) is 65.8 Å². The number of hydrogen-bond acceptors (Lipinski definition) is 19. The van der Waals surface area contributed by atoms with Crippen LogP contribution >= 0.6 is 35.0 Å². The molecule has 4 heterocycles. The number of sulfone groups is 1. The van der Waals surface area contributed by atoms with Crippen molar-refractivity contribution in [3.63, 3.8) is 0 Å². The number of rotatable bonds is 18. The molecule has 0 atom stereocenters. The highest BCUT2D eigenvalue weighted by atomic mass is 35.5. The van der Waals surface area contributed by atoms with Crippen LogP contribution in [0, 0.1) is 36.5 Å². The first-order valence-corrected chi connectivity index (χ1v) is 26.2. The predicted octanol–water partition coefficient (Wildman–Crippen LogP) is 8.72. The first kappa shape index (κ1) is 55.2. The molecule has 0 aliphatic rings. The number of methoxy groups -OCH3 is 2. The van der Waals surface area contributed by atoms with Crippen LogP contribution in [-0.4, -0.2) is 74.2 Å². The Balaban J connectivity index is 0.000000221. The summed E-state index contributed by atoms with van der Waals surface area (Å²) in [4.78, 5) is 52.1. The zero-order valence-electron chi connectivity index (χ0n) is 41.3. The molecule has 4 aromatic carbocycles. The van der Waals surface area contributed by atoms with Crippen molar-refractivity contribution in [1.82, 2.24) is 39.0 Å². The molecule has 388 valence electrons. The van der Waals surface area contributed by atoms with Crippen LogP contribution in [0.15, 0.2) is 130 Å². The van der Waals surface area contributed by atoms with E-state index in [1.54, 1.807) is 58.5 Å². The van der Waals surface area contributed by atoms with Crippen molar-refractivity contribution >= 4 is 44.8 Å². The van der Waals surface area contributed by atoms with Crippen molar-refractivity contribution in [2.75, 3.05) is 26.7 Å². The Kier molecular flexibility index (Phi) is 18.3. The molecule has 0 fully saturated rings. The first-order chi connectivity index (χ1) is 36.5. The maximum Gasteiger partial charge on any atom is 0.296 e. The summed E-state index contributed by atoms with van der Waals surface area (Å²) in [6.45, 7) is 3.62. The van der Waals surface area contributed by atoms with Gasteiger partial charge in [-0.25, -0.2) is 28.4 Å². The van der Waals surface area contributed by atoms with Gasteiger partial charge in [0, 0.05) is 28.7 Å². The highest BCUT2D eigenvalue weighted by Crippen LogP contribution is 2.29. The standard InChI is InChI=1S/C26H22ClN5O6S.C26H22ClN5O4S/c1-16-23(38-22-9-18(11-28)8-20(27)10-22)25(33)32(15-30-16)13-19-12-29-26(39(3,34)35)31-24(19)37-14-17-4-6-21(36-2)7-5-17;1-16-23(36-22-9-18(11-28)8-20(27)10-22)25(33)32(15-30-16)13-19-12-29-26(37-3)31-24(19)35-14-17-4-6-21(34-2)7-5-17/h4-10,12,15H,13-14H2,1-3H3;4-10,12,15H,13-14H2,1-3H3. The molecule has 8 aromatic rings. The molecule has 0 amide bonds. The fourth-order valence-corrected chi connectivity index (χ4v) is 8.06. The first-order valence-electron chi connectivity index (χ1n) is 22.3. The van der Waals surface area contributed by atoms with Crippen LogP contribution in [0.3, 0.4) is 0 Å². The van der Waals surface area contributed by atoms with Crippen LogP contribution in [-0.2, 0) is 36.1 Å². The Bertz CT molecular complexity index is 3740. The third-order valence-corrected chi connectivity index (χ3v) is 12.5. The number of thioether (sulfide) groups is 1. The van der Waals surface area contributed by atoms with E-state index < -0.39 is 26.1 Å². The number of aromatic nitrogens is 8. The van der Waals surface area contributed by atoms with Gasteiger partial charge in [-0.15, -0.1) is 0 Å². The fraction of sp³-hybridized carbons (Fsp3) is 0.192. The van der Waals surface area contributed by atoms with Crippen molar-refractivity contribution in [2.24, 2.45) is 0 Å². The van der Waals surface area contributed by atoms with Crippen molar-refractivity contribution in [1.29, 1.82) is 10.5 Å². The Morgan fingerprint density at radius 3 is 1.46 bits per heavy atom. The molecule has 20 nitrogen and oxygen atoms in total. The van der Waals surface area contributed by atoms with Gasteiger partial charge in [-0.05, 0) is 91.9 Å². The van der Waals surface area contributed by atoms with Gasteiger partial charge in [0.2, 0.25) is 38.3 Å². The zero-order chi connectivity index (χ0) is 54.5. The molecule has 0 aliphatic carbocycles. The molecule has 0 saturated heterocycles. The maximum atomic E-state index is 13.3. The molecule has 8 rings (SSSR count). The number of benzene rings is 4. The van der Waals surface area contributed by atoms with E-state index in [0.717, 1.165) is 23.1 Å². The molecule has 0 saturated carbocycles. The van der Waals surface area contributed by atoms with Crippen LogP contribution in [0.1, 0.15) is 44.8 Å². The van der Waals surface area contributed by atoms with Crippen molar-refractivity contribution in [2.45, 2.75) is 50.5 Å². The van der Waals surface area contributed by atoms with E-state index in [1.165, 1.54) is 76.1 Å². The molecule has 0 radical (unpaired) electrons. The van der Waals surface area contributed by atoms with Gasteiger partial charge >= 0.3 is 0 Å². The lowest BCUT2D eigenvalue weighted by molar-refractivity contribution is 0.285. The van der Waals surface area contributed by atoms with E-state index in [1.807, 2.05) is 42.7 Å². The third kappa shape index (κ3) is 14.4. The largest absolute Gasteiger partial charge is 0.497 e. The average Bonchev–Trinajstić information content (AvgIpc) is 3.41. The highest BCUT2D eigenvalue weighted by molar-refractivity contribution is 7.98. The molecule has 0 unspecified atom stereocenters. The lowest BCUT2D eigenvalue weighted by Crippen LogP contribution is -2.24. The second-order valence-electron chi connectivity index (χ2n) is 16.2. The molecule has 24 heteroatoms. The van der Waals surface area contributed by atoms with Gasteiger partial charge in [0.1, 0.15) is 36.2 Å². The summed E-state index contributed by atoms with van der Waals surface area (Å²) in [5, 5.41) is 19.1. The van der Waals surface area contributed by atoms with Crippen molar-refractivity contribution in [3.8, 4) is 58.4 Å². The highest BCUT2D eigenvalue weighted by Gasteiger charge is 2.20. The number of nitrogens with zero attached hydrogens (tertiary/aromatic N) is 10. The molecular weight excluding hydrogens is 1060 g/mol. The van der Waals surface area contributed by atoms with E-state index in [4.69, 9.17) is 51.6 Å². The van der Waals surface area contributed by atoms with Gasteiger partial charge in [0.15, 0.2) is 5.16 Å². The number of nitriles is 2. The third-order valence-electron chi connectivity index (χ3n) is 10.7. The minimum Gasteiger partial charge on any atom is -0.497 e. The Hall–Kier alpha value is -8.54. The summed E-state index contributed by atoms with van der Waals surface area (Å²) in [6.07, 6.45) is 8.52. The van der Waals surface area contributed by atoms with Crippen molar-refractivity contribution < 1.29 is 36.8 Å². The Morgan fingerprint density at radius 1 is 0.618 bits per heavy atom. The normalized spacial score (nSPS) is 10.8.